The number of nitrogens with zero attached hydrogens (tertiary/aromatic N) is 3. The number of hydrogen-bond donors (Lipinski definition) is 0. The van der Waals surface area contributed by atoms with E-state index >= 15 is 0 Å². The van der Waals surface area contributed by atoms with Crippen LogP contribution in [0.3, 0.4) is 0 Å². The van der Waals surface area contributed by atoms with Crippen molar-refractivity contribution in [3.63, 3.8) is 0 Å². The van der Waals surface area contributed by atoms with Gasteiger partial charge in [-0.05, 0) is 0 Å². The van der Waals surface area contributed by atoms with Crippen LogP contribution in [-0.4, -0.2) is 46.7 Å². The summed E-state index contributed by atoms with van der Waals surface area (Å²) in [6, 6.07) is 0. The molecule has 1 aliphatic rings. The molecule has 0 amide bonds. The fourth-order valence-electron chi connectivity index (χ4n) is 1.44. The Labute approximate surface area is 87.2 Å². The number of aromatic nitrogens is 3. The SMILES string of the molecule is Cn1cc(CC(=O)C2COCCO2)nn1. The zero-order valence-electron chi connectivity index (χ0n) is 8.55. The number of carbonyl (C=O) groups excluding carboxylic acids is 1. The van der Waals surface area contributed by atoms with E-state index in [1.54, 1.807) is 17.9 Å². The molecule has 0 saturated carbocycles. The molecule has 0 bridgehead atoms. The van der Waals surface area contributed by atoms with Gasteiger partial charge in [-0.15, -0.1) is 5.10 Å². The zero-order chi connectivity index (χ0) is 10.7. The summed E-state index contributed by atoms with van der Waals surface area (Å²) in [6.07, 6.45) is 1.53. The summed E-state index contributed by atoms with van der Waals surface area (Å²) >= 11 is 0. The smallest absolute Gasteiger partial charge is 0.169 e. The molecular formula is C9H13N3O3. The quantitative estimate of drug-likeness (QED) is 0.664. The third kappa shape index (κ3) is 2.60. The van der Waals surface area contributed by atoms with E-state index in [-0.39, 0.29) is 12.2 Å². The lowest BCUT2D eigenvalue weighted by Gasteiger charge is -2.21. The Balaban J connectivity index is 1.91. The van der Waals surface area contributed by atoms with Crippen LogP contribution in [0.4, 0.5) is 0 Å². The molecule has 0 aromatic carbocycles. The van der Waals surface area contributed by atoms with Crippen molar-refractivity contribution in [3.8, 4) is 0 Å². The molecule has 1 aliphatic heterocycles. The lowest BCUT2D eigenvalue weighted by Crippen LogP contribution is -2.36. The number of carbonyl (C=O) groups is 1. The first-order chi connectivity index (χ1) is 7.25. The monoisotopic (exact) mass is 211 g/mol. The molecule has 0 spiro atoms. The number of ketones is 1. The first kappa shape index (κ1) is 10.3. The third-order valence-electron chi connectivity index (χ3n) is 2.18. The van der Waals surface area contributed by atoms with E-state index < -0.39 is 6.10 Å². The van der Waals surface area contributed by atoms with Crippen molar-refractivity contribution in [1.29, 1.82) is 0 Å². The Kier molecular flexibility index (Phi) is 3.08. The average Bonchev–Trinajstić information content (AvgIpc) is 2.65. The third-order valence-corrected chi connectivity index (χ3v) is 2.18. The molecule has 0 radical (unpaired) electrons. The van der Waals surface area contributed by atoms with E-state index in [9.17, 15) is 4.79 Å². The maximum Gasteiger partial charge on any atom is 0.169 e. The van der Waals surface area contributed by atoms with Gasteiger partial charge in [-0.25, -0.2) is 0 Å². The predicted molar refractivity (Wildman–Crippen MR) is 50.3 cm³/mol. The summed E-state index contributed by atoms with van der Waals surface area (Å²) in [7, 11) is 1.77. The van der Waals surface area contributed by atoms with Gasteiger partial charge in [0.2, 0.25) is 0 Å². The molecule has 2 heterocycles. The van der Waals surface area contributed by atoms with Crippen molar-refractivity contribution in [2.24, 2.45) is 7.05 Å². The number of ether oxygens (including phenoxy) is 2. The van der Waals surface area contributed by atoms with Crippen LogP contribution in [0.15, 0.2) is 6.20 Å². The lowest BCUT2D eigenvalue weighted by atomic mass is 10.1. The number of Topliss-reactive ketones (excluding diaryl/α,β-unsaturated/α-hetero) is 1. The summed E-state index contributed by atoms with van der Waals surface area (Å²) < 4.78 is 12.0. The van der Waals surface area contributed by atoms with Gasteiger partial charge < -0.3 is 9.47 Å². The average molecular weight is 211 g/mol. The first-order valence-corrected chi connectivity index (χ1v) is 4.83. The second kappa shape index (κ2) is 4.50. The van der Waals surface area contributed by atoms with Gasteiger partial charge in [0, 0.05) is 13.2 Å². The second-order valence-corrected chi connectivity index (χ2v) is 3.46. The minimum Gasteiger partial charge on any atom is -0.376 e. The fraction of sp³-hybridized carbons (Fsp3) is 0.667. The molecule has 82 valence electrons. The summed E-state index contributed by atoms with van der Waals surface area (Å²) in [6.45, 7) is 1.39. The Bertz CT molecular complexity index is 344. The number of aryl methyl sites for hydroxylation is 1. The number of rotatable bonds is 3. The van der Waals surface area contributed by atoms with Crippen LogP contribution in [0.2, 0.25) is 0 Å². The van der Waals surface area contributed by atoms with Crippen LogP contribution in [0.5, 0.6) is 0 Å². The maximum absolute atomic E-state index is 11.7. The van der Waals surface area contributed by atoms with Crippen LogP contribution in [0.25, 0.3) is 0 Å². The standard InChI is InChI=1S/C9H13N3O3/c1-12-5-7(10-11-12)4-8(13)9-6-14-2-3-15-9/h5,9H,2-4,6H2,1H3. The molecule has 1 unspecified atom stereocenters. The molecule has 1 aromatic rings. The first-order valence-electron chi connectivity index (χ1n) is 4.83. The van der Waals surface area contributed by atoms with Crippen molar-refractivity contribution >= 4 is 5.78 Å². The van der Waals surface area contributed by atoms with Gasteiger partial charge in [-0.2, -0.15) is 0 Å². The molecule has 0 aliphatic carbocycles. The van der Waals surface area contributed by atoms with Crippen LogP contribution in [-0.2, 0) is 27.7 Å². The fourth-order valence-corrected chi connectivity index (χ4v) is 1.44. The molecule has 1 saturated heterocycles. The van der Waals surface area contributed by atoms with E-state index in [0.29, 0.717) is 25.5 Å². The topological polar surface area (TPSA) is 66.2 Å². The van der Waals surface area contributed by atoms with Gasteiger partial charge in [0.1, 0.15) is 6.10 Å². The van der Waals surface area contributed by atoms with E-state index in [2.05, 4.69) is 10.3 Å². The molecule has 1 atom stereocenters. The Morgan fingerprint density at radius 3 is 3.13 bits per heavy atom. The minimum atomic E-state index is -0.444. The van der Waals surface area contributed by atoms with E-state index in [0.717, 1.165) is 0 Å². The van der Waals surface area contributed by atoms with Crippen molar-refractivity contribution in [3.05, 3.63) is 11.9 Å². The Morgan fingerprint density at radius 1 is 1.67 bits per heavy atom. The highest BCUT2D eigenvalue weighted by Gasteiger charge is 2.23. The zero-order valence-corrected chi connectivity index (χ0v) is 8.55. The van der Waals surface area contributed by atoms with Crippen LogP contribution < -0.4 is 0 Å². The van der Waals surface area contributed by atoms with Crippen LogP contribution in [0, 0.1) is 0 Å². The highest BCUT2D eigenvalue weighted by atomic mass is 16.6. The maximum atomic E-state index is 11.7. The molecule has 2 rings (SSSR count). The van der Waals surface area contributed by atoms with E-state index in [4.69, 9.17) is 9.47 Å². The number of hydrogen-bond acceptors (Lipinski definition) is 5. The summed E-state index contributed by atoms with van der Waals surface area (Å²) in [5.41, 5.74) is 0.664. The molecule has 15 heavy (non-hydrogen) atoms. The van der Waals surface area contributed by atoms with Gasteiger partial charge in [-0.1, -0.05) is 5.21 Å². The van der Waals surface area contributed by atoms with Crippen molar-refractivity contribution < 1.29 is 14.3 Å². The molecule has 6 heteroatoms. The Morgan fingerprint density at radius 2 is 2.53 bits per heavy atom. The minimum absolute atomic E-state index is 0.00444. The van der Waals surface area contributed by atoms with Gasteiger partial charge in [0.05, 0.1) is 31.9 Å². The van der Waals surface area contributed by atoms with Crippen LogP contribution >= 0.6 is 0 Å². The normalized spacial score (nSPS) is 21.5. The summed E-state index contributed by atoms with van der Waals surface area (Å²) in [5, 5.41) is 7.60. The molecule has 0 N–H and O–H groups in total. The van der Waals surface area contributed by atoms with Gasteiger partial charge in [0.15, 0.2) is 5.78 Å². The molecule has 1 aromatic heterocycles. The van der Waals surface area contributed by atoms with Crippen molar-refractivity contribution in [2.45, 2.75) is 12.5 Å². The Hall–Kier alpha value is -1.27. The summed E-state index contributed by atoms with van der Waals surface area (Å²) in [4.78, 5) is 11.7. The van der Waals surface area contributed by atoms with E-state index in [1.807, 2.05) is 0 Å². The highest BCUT2D eigenvalue weighted by molar-refractivity contribution is 5.85. The largest absolute Gasteiger partial charge is 0.376 e. The molecule has 6 nitrogen and oxygen atoms in total. The van der Waals surface area contributed by atoms with Gasteiger partial charge in [-0.3, -0.25) is 9.48 Å². The van der Waals surface area contributed by atoms with Crippen LogP contribution in [0.1, 0.15) is 5.69 Å². The predicted octanol–water partition coefficient (Wildman–Crippen LogP) is -0.658. The molecular weight excluding hydrogens is 198 g/mol. The highest BCUT2D eigenvalue weighted by Crippen LogP contribution is 2.05. The van der Waals surface area contributed by atoms with E-state index in [1.165, 1.54) is 0 Å². The molecule has 1 fully saturated rings. The van der Waals surface area contributed by atoms with Crippen molar-refractivity contribution in [2.75, 3.05) is 19.8 Å². The lowest BCUT2D eigenvalue weighted by molar-refractivity contribution is -0.144. The van der Waals surface area contributed by atoms with Crippen molar-refractivity contribution in [1.82, 2.24) is 15.0 Å². The van der Waals surface area contributed by atoms with Gasteiger partial charge >= 0.3 is 0 Å². The second-order valence-electron chi connectivity index (χ2n) is 3.46. The van der Waals surface area contributed by atoms with Gasteiger partial charge in [0.25, 0.3) is 0 Å². The summed E-state index contributed by atoms with van der Waals surface area (Å²) in [5.74, 6) is -0.00444.